The molecule has 0 heterocycles. The zero-order valence-corrected chi connectivity index (χ0v) is 10.8. The SMILES string of the molecule is NCc1cccc(OCc2ccccc2OC(F)F)c1. The van der Waals surface area contributed by atoms with E-state index < -0.39 is 6.61 Å². The van der Waals surface area contributed by atoms with Crippen molar-refractivity contribution in [2.45, 2.75) is 19.8 Å². The summed E-state index contributed by atoms with van der Waals surface area (Å²) in [5.74, 6) is 0.761. The average molecular weight is 279 g/mol. The van der Waals surface area contributed by atoms with Crippen LogP contribution in [-0.2, 0) is 13.2 Å². The fourth-order valence-electron chi connectivity index (χ4n) is 1.76. The Hall–Kier alpha value is -2.14. The largest absolute Gasteiger partial charge is 0.489 e. The van der Waals surface area contributed by atoms with Gasteiger partial charge in [0, 0.05) is 12.1 Å². The van der Waals surface area contributed by atoms with Crippen LogP contribution in [0.1, 0.15) is 11.1 Å². The van der Waals surface area contributed by atoms with E-state index in [0.29, 0.717) is 17.9 Å². The van der Waals surface area contributed by atoms with Gasteiger partial charge >= 0.3 is 6.61 Å². The van der Waals surface area contributed by atoms with Crippen LogP contribution in [0, 0.1) is 0 Å². The van der Waals surface area contributed by atoms with Gasteiger partial charge in [0.05, 0.1) is 0 Å². The van der Waals surface area contributed by atoms with Crippen molar-refractivity contribution in [1.82, 2.24) is 0 Å². The molecular weight excluding hydrogens is 264 g/mol. The van der Waals surface area contributed by atoms with Crippen molar-refractivity contribution in [3.05, 3.63) is 59.7 Å². The maximum atomic E-state index is 12.3. The Bertz CT molecular complexity index is 561. The predicted octanol–water partition coefficient (Wildman–Crippen LogP) is 3.33. The molecule has 0 radical (unpaired) electrons. The zero-order valence-electron chi connectivity index (χ0n) is 10.8. The molecule has 0 amide bonds. The second-order valence-electron chi connectivity index (χ2n) is 4.13. The summed E-state index contributed by atoms with van der Waals surface area (Å²) in [6.07, 6.45) is 0. The molecule has 5 heteroatoms. The van der Waals surface area contributed by atoms with Gasteiger partial charge in [-0.3, -0.25) is 0 Å². The van der Waals surface area contributed by atoms with Gasteiger partial charge in [0.15, 0.2) is 0 Å². The minimum Gasteiger partial charge on any atom is -0.489 e. The molecule has 2 N–H and O–H groups in total. The van der Waals surface area contributed by atoms with E-state index in [9.17, 15) is 8.78 Å². The van der Waals surface area contributed by atoms with Crippen LogP contribution in [0.2, 0.25) is 0 Å². The van der Waals surface area contributed by atoms with Crippen LogP contribution in [-0.4, -0.2) is 6.61 Å². The Morgan fingerprint density at radius 2 is 1.85 bits per heavy atom. The Balaban J connectivity index is 2.06. The van der Waals surface area contributed by atoms with E-state index in [2.05, 4.69) is 4.74 Å². The fraction of sp³-hybridized carbons (Fsp3) is 0.200. The molecule has 0 spiro atoms. The monoisotopic (exact) mass is 279 g/mol. The molecule has 0 aromatic heterocycles. The van der Waals surface area contributed by atoms with Gasteiger partial charge in [0.25, 0.3) is 0 Å². The number of para-hydroxylation sites is 1. The van der Waals surface area contributed by atoms with E-state index in [-0.39, 0.29) is 12.4 Å². The highest BCUT2D eigenvalue weighted by Gasteiger charge is 2.09. The molecule has 0 saturated carbocycles. The van der Waals surface area contributed by atoms with Crippen LogP contribution in [0.5, 0.6) is 11.5 Å². The van der Waals surface area contributed by atoms with Gasteiger partial charge in [-0.2, -0.15) is 8.78 Å². The zero-order chi connectivity index (χ0) is 14.4. The topological polar surface area (TPSA) is 44.5 Å². The molecule has 20 heavy (non-hydrogen) atoms. The maximum absolute atomic E-state index is 12.3. The number of hydrogen-bond acceptors (Lipinski definition) is 3. The summed E-state index contributed by atoms with van der Waals surface area (Å²) >= 11 is 0. The van der Waals surface area contributed by atoms with E-state index >= 15 is 0 Å². The molecule has 0 bridgehead atoms. The van der Waals surface area contributed by atoms with Gasteiger partial charge in [-0.05, 0) is 23.8 Å². The minimum atomic E-state index is -2.85. The minimum absolute atomic E-state index is 0.123. The van der Waals surface area contributed by atoms with Crippen LogP contribution in [0.25, 0.3) is 0 Å². The second-order valence-corrected chi connectivity index (χ2v) is 4.13. The standard InChI is InChI=1S/C15H15F2NO2/c16-15(17)20-14-7-2-1-5-12(14)10-19-13-6-3-4-11(8-13)9-18/h1-8,15H,9-10,18H2. The van der Waals surface area contributed by atoms with Gasteiger partial charge in [-0.15, -0.1) is 0 Å². The van der Waals surface area contributed by atoms with Crippen LogP contribution in [0.15, 0.2) is 48.5 Å². The Kier molecular flexibility index (Phi) is 4.90. The molecule has 0 aliphatic rings. The molecule has 0 unspecified atom stereocenters. The summed E-state index contributed by atoms with van der Waals surface area (Å²) in [5, 5.41) is 0. The van der Waals surface area contributed by atoms with Gasteiger partial charge in [0.1, 0.15) is 18.1 Å². The lowest BCUT2D eigenvalue weighted by Gasteiger charge is -2.12. The highest BCUT2D eigenvalue weighted by atomic mass is 19.3. The summed E-state index contributed by atoms with van der Waals surface area (Å²) in [4.78, 5) is 0. The number of alkyl halides is 2. The van der Waals surface area contributed by atoms with E-state index in [1.807, 2.05) is 18.2 Å². The molecule has 3 nitrogen and oxygen atoms in total. The molecule has 2 aromatic carbocycles. The van der Waals surface area contributed by atoms with Crippen molar-refractivity contribution in [3.63, 3.8) is 0 Å². The van der Waals surface area contributed by atoms with Gasteiger partial charge in [-0.25, -0.2) is 0 Å². The van der Waals surface area contributed by atoms with Crippen molar-refractivity contribution >= 4 is 0 Å². The summed E-state index contributed by atoms with van der Waals surface area (Å²) in [6.45, 7) is -2.28. The van der Waals surface area contributed by atoms with Crippen LogP contribution in [0.4, 0.5) is 8.78 Å². The van der Waals surface area contributed by atoms with Gasteiger partial charge < -0.3 is 15.2 Å². The number of halogens is 2. The van der Waals surface area contributed by atoms with Crippen LogP contribution >= 0.6 is 0 Å². The lowest BCUT2D eigenvalue weighted by atomic mass is 10.2. The molecular formula is C15H15F2NO2. The van der Waals surface area contributed by atoms with Crippen molar-refractivity contribution in [1.29, 1.82) is 0 Å². The first kappa shape index (κ1) is 14.3. The van der Waals surface area contributed by atoms with Crippen molar-refractivity contribution in [3.8, 4) is 11.5 Å². The Morgan fingerprint density at radius 3 is 2.60 bits per heavy atom. The lowest BCUT2D eigenvalue weighted by molar-refractivity contribution is -0.0508. The fourth-order valence-corrected chi connectivity index (χ4v) is 1.76. The van der Waals surface area contributed by atoms with Crippen molar-refractivity contribution in [2.24, 2.45) is 5.73 Å². The second kappa shape index (κ2) is 6.86. The first-order chi connectivity index (χ1) is 9.69. The van der Waals surface area contributed by atoms with E-state index in [4.69, 9.17) is 10.5 Å². The number of nitrogens with two attached hydrogens (primary N) is 1. The van der Waals surface area contributed by atoms with Gasteiger partial charge in [-0.1, -0.05) is 30.3 Å². The third-order valence-electron chi connectivity index (χ3n) is 2.72. The molecule has 2 aromatic rings. The maximum Gasteiger partial charge on any atom is 0.387 e. The van der Waals surface area contributed by atoms with E-state index in [0.717, 1.165) is 5.56 Å². The number of benzene rings is 2. The highest BCUT2D eigenvalue weighted by molar-refractivity contribution is 5.34. The number of ether oxygens (including phenoxy) is 2. The van der Waals surface area contributed by atoms with Crippen molar-refractivity contribution < 1.29 is 18.3 Å². The quantitative estimate of drug-likeness (QED) is 0.882. The van der Waals surface area contributed by atoms with E-state index in [1.165, 1.54) is 6.07 Å². The Morgan fingerprint density at radius 1 is 1.05 bits per heavy atom. The normalized spacial score (nSPS) is 10.6. The first-order valence-electron chi connectivity index (χ1n) is 6.13. The summed E-state index contributed by atoms with van der Waals surface area (Å²) in [5.41, 5.74) is 7.05. The van der Waals surface area contributed by atoms with Crippen LogP contribution < -0.4 is 15.2 Å². The third kappa shape index (κ3) is 3.93. The summed E-state index contributed by atoms with van der Waals surface area (Å²) in [7, 11) is 0. The van der Waals surface area contributed by atoms with Crippen molar-refractivity contribution in [2.75, 3.05) is 0 Å². The number of hydrogen-bond donors (Lipinski definition) is 1. The molecule has 0 aliphatic heterocycles. The molecule has 0 aliphatic carbocycles. The molecule has 0 fully saturated rings. The van der Waals surface area contributed by atoms with Gasteiger partial charge in [0.2, 0.25) is 0 Å². The van der Waals surface area contributed by atoms with Crippen LogP contribution in [0.3, 0.4) is 0 Å². The average Bonchev–Trinajstić information content (AvgIpc) is 2.46. The highest BCUT2D eigenvalue weighted by Crippen LogP contribution is 2.22. The summed E-state index contributed by atoms with van der Waals surface area (Å²) in [6, 6.07) is 13.9. The third-order valence-corrected chi connectivity index (χ3v) is 2.72. The Labute approximate surface area is 115 Å². The number of rotatable bonds is 6. The summed E-state index contributed by atoms with van der Waals surface area (Å²) < 4.78 is 34.6. The predicted molar refractivity (Wildman–Crippen MR) is 71.7 cm³/mol. The lowest BCUT2D eigenvalue weighted by Crippen LogP contribution is -2.06. The smallest absolute Gasteiger partial charge is 0.387 e. The van der Waals surface area contributed by atoms with E-state index in [1.54, 1.807) is 24.3 Å². The molecule has 0 atom stereocenters. The molecule has 2 rings (SSSR count). The molecule has 106 valence electrons. The first-order valence-corrected chi connectivity index (χ1v) is 6.13. The molecule has 0 saturated heterocycles.